The SMILES string of the molecule is CC[C@@H](CNC(=O)[C@H](C)N(C)CC(=O)Nc1c(C)cccc1C)c1ccccc1. The van der Waals surface area contributed by atoms with Crippen molar-refractivity contribution >= 4 is 17.5 Å². The van der Waals surface area contributed by atoms with Crippen LogP contribution in [0.4, 0.5) is 5.69 Å². The van der Waals surface area contributed by atoms with Crippen molar-refractivity contribution in [2.75, 3.05) is 25.5 Å². The smallest absolute Gasteiger partial charge is 0.238 e. The van der Waals surface area contributed by atoms with Gasteiger partial charge in [0.05, 0.1) is 12.6 Å². The third-order valence-electron chi connectivity index (χ3n) is 5.47. The van der Waals surface area contributed by atoms with Crippen LogP contribution >= 0.6 is 0 Å². The topological polar surface area (TPSA) is 61.4 Å². The summed E-state index contributed by atoms with van der Waals surface area (Å²) in [6.45, 7) is 8.63. The molecule has 0 fully saturated rings. The molecule has 5 nitrogen and oxygen atoms in total. The van der Waals surface area contributed by atoms with Crippen LogP contribution in [-0.4, -0.2) is 42.9 Å². The molecule has 0 aliphatic carbocycles. The van der Waals surface area contributed by atoms with E-state index in [1.807, 2.05) is 57.2 Å². The van der Waals surface area contributed by atoms with Gasteiger partial charge in [-0.25, -0.2) is 0 Å². The van der Waals surface area contributed by atoms with Crippen LogP contribution in [0.2, 0.25) is 0 Å². The summed E-state index contributed by atoms with van der Waals surface area (Å²) in [5.41, 5.74) is 4.12. The molecule has 2 aromatic carbocycles. The average Bonchev–Trinajstić information content (AvgIpc) is 2.71. The molecule has 156 valence electrons. The first-order chi connectivity index (χ1) is 13.8. The van der Waals surface area contributed by atoms with Gasteiger partial charge in [-0.1, -0.05) is 55.5 Å². The zero-order chi connectivity index (χ0) is 21.4. The van der Waals surface area contributed by atoms with Crippen LogP contribution in [0.5, 0.6) is 0 Å². The van der Waals surface area contributed by atoms with Crippen LogP contribution in [-0.2, 0) is 9.59 Å². The van der Waals surface area contributed by atoms with Crippen molar-refractivity contribution in [2.45, 2.75) is 46.1 Å². The van der Waals surface area contributed by atoms with E-state index >= 15 is 0 Å². The number of nitrogens with one attached hydrogen (secondary N) is 2. The van der Waals surface area contributed by atoms with E-state index in [-0.39, 0.29) is 24.3 Å². The maximum atomic E-state index is 12.6. The molecule has 2 rings (SSSR count). The minimum absolute atomic E-state index is 0.0678. The number of hydrogen-bond acceptors (Lipinski definition) is 3. The molecular formula is C24H33N3O2. The van der Waals surface area contributed by atoms with Crippen LogP contribution in [0.25, 0.3) is 0 Å². The lowest BCUT2D eigenvalue weighted by molar-refractivity contribution is -0.126. The molecule has 0 aliphatic heterocycles. The highest BCUT2D eigenvalue weighted by molar-refractivity contribution is 5.94. The van der Waals surface area contributed by atoms with Gasteiger partial charge in [-0.2, -0.15) is 0 Å². The number of benzene rings is 2. The Balaban J connectivity index is 1.87. The van der Waals surface area contributed by atoms with Crippen molar-refractivity contribution in [3.63, 3.8) is 0 Å². The van der Waals surface area contributed by atoms with E-state index in [0.29, 0.717) is 6.54 Å². The lowest BCUT2D eigenvalue weighted by atomic mass is 9.96. The molecule has 5 heteroatoms. The van der Waals surface area contributed by atoms with E-state index in [0.717, 1.165) is 23.2 Å². The molecule has 0 saturated carbocycles. The first-order valence-corrected chi connectivity index (χ1v) is 10.2. The number of rotatable bonds is 9. The monoisotopic (exact) mass is 395 g/mol. The van der Waals surface area contributed by atoms with Gasteiger partial charge in [0.2, 0.25) is 11.8 Å². The van der Waals surface area contributed by atoms with E-state index in [9.17, 15) is 9.59 Å². The van der Waals surface area contributed by atoms with Gasteiger partial charge in [0, 0.05) is 18.2 Å². The summed E-state index contributed by atoms with van der Waals surface area (Å²) in [6.07, 6.45) is 0.951. The van der Waals surface area contributed by atoms with E-state index in [2.05, 4.69) is 29.7 Å². The maximum Gasteiger partial charge on any atom is 0.238 e. The van der Waals surface area contributed by atoms with Crippen molar-refractivity contribution < 1.29 is 9.59 Å². The lowest BCUT2D eigenvalue weighted by Crippen LogP contribution is -2.46. The van der Waals surface area contributed by atoms with Crippen LogP contribution in [0.3, 0.4) is 0 Å². The molecule has 29 heavy (non-hydrogen) atoms. The molecule has 0 spiro atoms. The average molecular weight is 396 g/mol. The first kappa shape index (κ1) is 22.6. The normalized spacial score (nSPS) is 13.0. The molecule has 0 aromatic heterocycles. The summed E-state index contributed by atoms with van der Waals surface area (Å²) >= 11 is 0. The van der Waals surface area contributed by atoms with E-state index in [4.69, 9.17) is 0 Å². The van der Waals surface area contributed by atoms with Crippen LogP contribution in [0.15, 0.2) is 48.5 Å². The second-order valence-corrected chi connectivity index (χ2v) is 7.67. The summed E-state index contributed by atoms with van der Waals surface area (Å²) in [7, 11) is 1.79. The summed E-state index contributed by atoms with van der Waals surface area (Å²) in [5, 5.41) is 6.01. The quantitative estimate of drug-likeness (QED) is 0.677. The molecule has 0 aliphatic rings. The third kappa shape index (κ3) is 6.43. The fourth-order valence-corrected chi connectivity index (χ4v) is 3.35. The highest BCUT2D eigenvalue weighted by Gasteiger charge is 2.21. The largest absolute Gasteiger partial charge is 0.354 e. The number of anilines is 1. The number of carbonyl (C=O) groups excluding carboxylic acids is 2. The van der Waals surface area contributed by atoms with Crippen LogP contribution in [0.1, 0.15) is 42.9 Å². The molecule has 2 aromatic rings. The summed E-state index contributed by atoms with van der Waals surface area (Å²) < 4.78 is 0. The van der Waals surface area contributed by atoms with Gasteiger partial charge in [0.25, 0.3) is 0 Å². The van der Waals surface area contributed by atoms with Gasteiger partial charge >= 0.3 is 0 Å². The highest BCUT2D eigenvalue weighted by Crippen LogP contribution is 2.20. The Labute approximate surface area is 174 Å². The van der Waals surface area contributed by atoms with Crippen molar-refractivity contribution in [1.29, 1.82) is 0 Å². The summed E-state index contributed by atoms with van der Waals surface area (Å²) in [6, 6.07) is 15.7. The fraction of sp³-hybridized carbons (Fsp3) is 0.417. The number of para-hydroxylation sites is 1. The third-order valence-corrected chi connectivity index (χ3v) is 5.47. The molecule has 2 N–H and O–H groups in total. The Morgan fingerprint density at radius 2 is 1.62 bits per heavy atom. The molecule has 0 radical (unpaired) electrons. The minimum atomic E-state index is -0.396. The van der Waals surface area contributed by atoms with Crippen molar-refractivity contribution in [3.8, 4) is 0 Å². The Morgan fingerprint density at radius 3 is 2.21 bits per heavy atom. The van der Waals surface area contributed by atoms with Crippen LogP contribution < -0.4 is 10.6 Å². The first-order valence-electron chi connectivity index (χ1n) is 10.2. The Kier molecular flexibility index (Phi) is 8.40. The Bertz CT molecular complexity index is 800. The standard InChI is InChI=1S/C24H33N3O2/c1-6-20(21-13-8-7-9-14-21)15-25-24(29)19(4)27(5)16-22(28)26-23-17(2)11-10-12-18(23)3/h7-14,19-20H,6,15-16H2,1-5H3,(H,25,29)(H,26,28)/t19-,20-/m0/s1. The summed E-state index contributed by atoms with van der Waals surface area (Å²) in [5.74, 6) is 0.0898. The van der Waals surface area contributed by atoms with E-state index in [1.165, 1.54) is 5.56 Å². The molecule has 0 saturated heterocycles. The number of carbonyl (C=O) groups is 2. The Hall–Kier alpha value is -2.66. The molecular weight excluding hydrogens is 362 g/mol. The maximum absolute atomic E-state index is 12.6. The highest BCUT2D eigenvalue weighted by atomic mass is 16.2. The number of hydrogen-bond donors (Lipinski definition) is 2. The molecule has 0 unspecified atom stereocenters. The molecule has 2 amide bonds. The zero-order valence-electron chi connectivity index (χ0n) is 18.2. The molecule has 2 atom stereocenters. The zero-order valence-corrected chi connectivity index (χ0v) is 18.2. The number of likely N-dealkylation sites (N-methyl/N-ethyl adjacent to an activating group) is 1. The van der Waals surface area contributed by atoms with E-state index < -0.39 is 6.04 Å². The second kappa shape index (κ2) is 10.8. The number of nitrogens with zero attached hydrogens (tertiary/aromatic N) is 1. The van der Waals surface area contributed by atoms with Gasteiger partial charge in [-0.05, 0) is 50.9 Å². The lowest BCUT2D eigenvalue weighted by Gasteiger charge is -2.25. The predicted octanol–water partition coefficient (Wildman–Crippen LogP) is 3.87. The van der Waals surface area contributed by atoms with Crippen molar-refractivity contribution in [3.05, 3.63) is 65.2 Å². The minimum Gasteiger partial charge on any atom is -0.354 e. The summed E-state index contributed by atoms with van der Waals surface area (Å²) in [4.78, 5) is 26.8. The van der Waals surface area contributed by atoms with Crippen molar-refractivity contribution in [1.82, 2.24) is 10.2 Å². The number of amides is 2. The molecule has 0 heterocycles. The van der Waals surface area contributed by atoms with Crippen LogP contribution in [0, 0.1) is 13.8 Å². The van der Waals surface area contributed by atoms with Gasteiger partial charge in [-0.3, -0.25) is 14.5 Å². The van der Waals surface area contributed by atoms with Gasteiger partial charge < -0.3 is 10.6 Å². The van der Waals surface area contributed by atoms with E-state index in [1.54, 1.807) is 11.9 Å². The van der Waals surface area contributed by atoms with Crippen molar-refractivity contribution in [2.24, 2.45) is 0 Å². The van der Waals surface area contributed by atoms with Gasteiger partial charge in [-0.15, -0.1) is 0 Å². The number of aryl methyl sites for hydroxylation is 2. The van der Waals surface area contributed by atoms with Gasteiger partial charge in [0.15, 0.2) is 0 Å². The van der Waals surface area contributed by atoms with Gasteiger partial charge in [0.1, 0.15) is 0 Å². The second-order valence-electron chi connectivity index (χ2n) is 7.67. The fourth-order valence-electron chi connectivity index (χ4n) is 3.35. The predicted molar refractivity (Wildman–Crippen MR) is 119 cm³/mol. The Morgan fingerprint density at radius 1 is 1.00 bits per heavy atom. The molecule has 0 bridgehead atoms.